The summed E-state index contributed by atoms with van der Waals surface area (Å²) in [4.78, 5) is 21.5. The lowest BCUT2D eigenvalue weighted by Gasteiger charge is -2.02. The molecule has 0 rings (SSSR count). The van der Waals surface area contributed by atoms with Gasteiger partial charge in [-0.15, -0.1) is 0 Å². The molecule has 0 aliphatic heterocycles. The fourth-order valence-corrected chi connectivity index (χ4v) is 1.42. The molecule has 0 saturated heterocycles. The molecule has 15 heavy (non-hydrogen) atoms. The maximum Gasteiger partial charge on any atom is 0.328 e. The van der Waals surface area contributed by atoms with Crippen LogP contribution in [0.25, 0.3) is 0 Å². The lowest BCUT2D eigenvalue weighted by Crippen LogP contribution is -2.01. The quantitative estimate of drug-likeness (QED) is 0.497. The molecule has 0 aromatic carbocycles. The van der Waals surface area contributed by atoms with Gasteiger partial charge < -0.3 is 5.11 Å². The van der Waals surface area contributed by atoms with E-state index in [4.69, 9.17) is 5.11 Å². The smallest absolute Gasteiger partial charge is 0.328 e. The average molecular weight is 212 g/mol. The van der Waals surface area contributed by atoms with Crippen LogP contribution in [-0.4, -0.2) is 16.9 Å². The van der Waals surface area contributed by atoms with Gasteiger partial charge >= 0.3 is 5.97 Å². The molecule has 0 heterocycles. The van der Waals surface area contributed by atoms with Gasteiger partial charge in [-0.2, -0.15) is 0 Å². The molecular formula is C12H20O3. The number of unbranched alkanes of at least 4 members (excludes halogenated alkanes) is 4. The van der Waals surface area contributed by atoms with Crippen LogP contribution in [0.5, 0.6) is 0 Å². The van der Waals surface area contributed by atoms with Crippen LogP contribution in [0.3, 0.4) is 0 Å². The minimum Gasteiger partial charge on any atom is -0.478 e. The zero-order chi connectivity index (χ0) is 11.7. The number of hydrogen-bond acceptors (Lipinski definition) is 2. The summed E-state index contributed by atoms with van der Waals surface area (Å²) in [7, 11) is 0. The molecular weight excluding hydrogens is 192 g/mol. The van der Waals surface area contributed by atoms with Gasteiger partial charge in [-0.05, 0) is 19.8 Å². The van der Waals surface area contributed by atoms with E-state index in [2.05, 4.69) is 6.92 Å². The standard InChI is InChI=1S/C12H20O3/c1-3-4-5-6-7-8-11(10(2)13)9-12(14)15/h9H,3-8H2,1-2H3,(H,14,15)/b11-9+. The van der Waals surface area contributed by atoms with Crippen LogP contribution in [0.15, 0.2) is 11.6 Å². The van der Waals surface area contributed by atoms with E-state index in [0.29, 0.717) is 12.0 Å². The van der Waals surface area contributed by atoms with Gasteiger partial charge in [-0.1, -0.05) is 32.6 Å². The molecule has 0 unspecified atom stereocenters. The normalized spacial score (nSPS) is 11.5. The van der Waals surface area contributed by atoms with Gasteiger partial charge in [0.05, 0.1) is 0 Å². The Balaban J connectivity index is 3.88. The van der Waals surface area contributed by atoms with E-state index in [1.165, 1.54) is 19.8 Å². The third-order valence-electron chi connectivity index (χ3n) is 2.30. The van der Waals surface area contributed by atoms with Crippen LogP contribution < -0.4 is 0 Å². The van der Waals surface area contributed by atoms with Crippen LogP contribution in [-0.2, 0) is 9.59 Å². The largest absolute Gasteiger partial charge is 0.478 e. The van der Waals surface area contributed by atoms with Gasteiger partial charge in [0.25, 0.3) is 0 Å². The number of Topliss-reactive ketones (excluding diaryl/α,β-unsaturated/α-hetero) is 1. The first kappa shape index (κ1) is 13.9. The minimum atomic E-state index is -1.03. The third kappa shape index (κ3) is 7.91. The van der Waals surface area contributed by atoms with Gasteiger partial charge in [0.15, 0.2) is 5.78 Å². The third-order valence-corrected chi connectivity index (χ3v) is 2.30. The highest BCUT2D eigenvalue weighted by atomic mass is 16.4. The number of carboxylic acid groups (broad SMARTS) is 1. The Hall–Kier alpha value is -1.12. The lowest BCUT2D eigenvalue weighted by atomic mass is 10.0. The number of rotatable bonds is 8. The molecule has 0 aromatic heterocycles. The Morgan fingerprint density at radius 1 is 1.13 bits per heavy atom. The Morgan fingerprint density at radius 3 is 2.20 bits per heavy atom. The SMILES string of the molecule is CCCCCCC/C(=C\C(=O)O)C(C)=O. The van der Waals surface area contributed by atoms with Crippen LogP contribution in [0.4, 0.5) is 0 Å². The molecule has 1 N–H and O–H groups in total. The first-order valence-corrected chi connectivity index (χ1v) is 5.52. The molecule has 0 radical (unpaired) electrons. The summed E-state index contributed by atoms with van der Waals surface area (Å²) in [5, 5.41) is 8.54. The summed E-state index contributed by atoms with van der Waals surface area (Å²) < 4.78 is 0. The second-order valence-electron chi connectivity index (χ2n) is 3.73. The van der Waals surface area contributed by atoms with E-state index in [1.54, 1.807) is 0 Å². The number of aliphatic carboxylic acids is 1. The lowest BCUT2D eigenvalue weighted by molar-refractivity contribution is -0.131. The van der Waals surface area contributed by atoms with E-state index >= 15 is 0 Å². The van der Waals surface area contributed by atoms with Crippen LogP contribution in [0.2, 0.25) is 0 Å². The summed E-state index contributed by atoms with van der Waals surface area (Å²) in [6.45, 7) is 3.56. The molecule has 0 saturated carbocycles. The average Bonchev–Trinajstić information content (AvgIpc) is 2.15. The maximum atomic E-state index is 11.1. The van der Waals surface area contributed by atoms with Gasteiger partial charge in [0.1, 0.15) is 0 Å². The van der Waals surface area contributed by atoms with E-state index in [0.717, 1.165) is 25.3 Å². The Bertz CT molecular complexity index is 241. The highest BCUT2D eigenvalue weighted by Crippen LogP contribution is 2.11. The number of ketones is 1. The number of hydrogen-bond donors (Lipinski definition) is 1. The van der Waals surface area contributed by atoms with E-state index in [1.807, 2.05) is 0 Å². The molecule has 0 bridgehead atoms. The van der Waals surface area contributed by atoms with Gasteiger partial charge in [-0.25, -0.2) is 4.79 Å². The molecule has 0 aromatic rings. The van der Waals surface area contributed by atoms with Crippen molar-refractivity contribution in [2.24, 2.45) is 0 Å². The van der Waals surface area contributed by atoms with Crippen molar-refractivity contribution >= 4 is 11.8 Å². The Morgan fingerprint density at radius 2 is 1.73 bits per heavy atom. The number of carbonyl (C=O) groups is 2. The van der Waals surface area contributed by atoms with Crippen molar-refractivity contribution in [3.63, 3.8) is 0 Å². The van der Waals surface area contributed by atoms with Crippen molar-refractivity contribution < 1.29 is 14.7 Å². The molecule has 0 aliphatic carbocycles. The molecule has 0 fully saturated rings. The second-order valence-corrected chi connectivity index (χ2v) is 3.73. The second kappa shape index (κ2) is 8.21. The van der Waals surface area contributed by atoms with E-state index in [-0.39, 0.29) is 5.78 Å². The molecule has 0 spiro atoms. The fraction of sp³-hybridized carbons (Fsp3) is 0.667. The zero-order valence-corrected chi connectivity index (χ0v) is 9.58. The summed E-state index contributed by atoms with van der Waals surface area (Å²) in [6.07, 6.45) is 7.14. The molecule has 86 valence electrons. The van der Waals surface area contributed by atoms with Crippen LogP contribution in [0.1, 0.15) is 52.4 Å². The van der Waals surface area contributed by atoms with Crippen LogP contribution in [0, 0.1) is 0 Å². The van der Waals surface area contributed by atoms with Crippen molar-refractivity contribution in [3.8, 4) is 0 Å². The van der Waals surface area contributed by atoms with Crippen LogP contribution >= 0.6 is 0 Å². The number of carboxylic acids is 1. The zero-order valence-electron chi connectivity index (χ0n) is 9.58. The number of carbonyl (C=O) groups excluding carboxylic acids is 1. The van der Waals surface area contributed by atoms with E-state index < -0.39 is 5.97 Å². The minimum absolute atomic E-state index is 0.132. The van der Waals surface area contributed by atoms with Crippen molar-refractivity contribution in [1.82, 2.24) is 0 Å². The molecule has 3 heteroatoms. The summed E-state index contributed by atoms with van der Waals surface area (Å²) >= 11 is 0. The first-order chi connectivity index (χ1) is 7.07. The molecule has 3 nitrogen and oxygen atoms in total. The highest BCUT2D eigenvalue weighted by molar-refractivity contribution is 5.98. The predicted octanol–water partition coefficient (Wildman–Crippen LogP) is 2.95. The van der Waals surface area contributed by atoms with E-state index in [9.17, 15) is 9.59 Å². The van der Waals surface area contributed by atoms with Crippen molar-refractivity contribution in [2.75, 3.05) is 0 Å². The summed E-state index contributed by atoms with van der Waals surface area (Å²) in [5.41, 5.74) is 0.430. The Kier molecular flexibility index (Phi) is 7.60. The monoisotopic (exact) mass is 212 g/mol. The first-order valence-electron chi connectivity index (χ1n) is 5.52. The van der Waals surface area contributed by atoms with Gasteiger partial charge in [0, 0.05) is 11.6 Å². The van der Waals surface area contributed by atoms with Gasteiger partial charge in [0.2, 0.25) is 0 Å². The van der Waals surface area contributed by atoms with Gasteiger partial charge in [-0.3, -0.25) is 4.79 Å². The molecule has 0 aliphatic rings. The number of allylic oxidation sites excluding steroid dienone is 1. The summed E-state index contributed by atoms with van der Waals surface area (Å²) in [6, 6.07) is 0. The van der Waals surface area contributed by atoms with Crippen molar-refractivity contribution in [2.45, 2.75) is 52.4 Å². The topological polar surface area (TPSA) is 54.4 Å². The fourth-order valence-electron chi connectivity index (χ4n) is 1.42. The van der Waals surface area contributed by atoms with Crippen molar-refractivity contribution in [1.29, 1.82) is 0 Å². The summed E-state index contributed by atoms with van der Waals surface area (Å²) in [5.74, 6) is -1.17. The molecule has 0 atom stereocenters. The Labute approximate surface area is 91.2 Å². The van der Waals surface area contributed by atoms with Crippen molar-refractivity contribution in [3.05, 3.63) is 11.6 Å². The predicted molar refractivity (Wildman–Crippen MR) is 59.8 cm³/mol. The maximum absolute atomic E-state index is 11.1. The molecule has 0 amide bonds. The highest BCUT2D eigenvalue weighted by Gasteiger charge is 2.05.